The van der Waals surface area contributed by atoms with Crippen molar-refractivity contribution in [2.24, 2.45) is 0 Å². The molecule has 2 aliphatic rings. The number of hydrogen-bond donors (Lipinski definition) is 0. The maximum atomic E-state index is 14.3. The maximum absolute atomic E-state index is 14.3. The van der Waals surface area contributed by atoms with Gasteiger partial charge < -0.3 is 14.4 Å². The first-order valence-corrected chi connectivity index (χ1v) is 12.4. The van der Waals surface area contributed by atoms with Gasteiger partial charge >= 0.3 is 5.97 Å². The lowest BCUT2D eigenvalue weighted by atomic mass is 10.2. The van der Waals surface area contributed by atoms with Gasteiger partial charge in [0, 0.05) is 30.3 Å². The average Bonchev–Trinajstić information content (AvgIpc) is 2.82. The summed E-state index contributed by atoms with van der Waals surface area (Å²) in [5, 5.41) is 0. The van der Waals surface area contributed by atoms with Crippen LogP contribution in [0.15, 0.2) is 52.3 Å². The Morgan fingerprint density at radius 2 is 1.84 bits per heavy atom. The largest absolute Gasteiger partial charge is 0.452 e. The number of carbonyl (C=O) groups excluding carboxylic acids is 2. The highest BCUT2D eigenvalue weighted by Gasteiger charge is 2.30. The SMILES string of the molecule is O=C(OCC(=O)N1CCSc2ccccc21)c1ccc(F)c(S(=O)(=O)N2CCOCC2)c1. The molecule has 2 aromatic rings. The van der Waals surface area contributed by atoms with Crippen molar-refractivity contribution in [2.45, 2.75) is 9.79 Å². The molecule has 32 heavy (non-hydrogen) atoms. The van der Waals surface area contributed by atoms with Gasteiger partial charge in [0.25, 0.3) is 5.91 Å². The van der Waals surface area contributed by atoms with E-state index in [1.807, 2.05) is 24.3 Å². The number of hydrogen-bond acceptors (Lipinski definition) is 7. The number of rotatable bonds is 5. The van der Waals surface area contributed by atoms with Gasteiger partial charge in [0.05, 0.1) is 24.5 Å². The van der Waals surface area contributed by atoms with Crippen molar-refractivity contribution < 1.29 is 31.9 Å². The van der Waals surface area contributed by atoms with Crippen LogP contribution in [-0.2, 0) is 24.3 Å². The second-order valence-corrected chi connectivity index (χ2v) is 10.1. The van der Waals surface area contributed by atoms with Gasteiger partial charge in [-0.25, -0.2) is 17.6 Å². The molecule has 1 fully saturated rings. The topological polar surface area (TPSA) is 93.2 Å². The van der Waals surface area contributed by atoms with Crippen LogP contribution in [0.2, 0.25) is 0 Å². The van der Waals surface area contributed by atoms with E-state index in [0.717, 1.165) is 38.8 Å². The quantitative estimate of drug-likeness (QED) is 0.606. The van der Waals surface area contributed by atoms with Crippen LogP contribution in [0.1, 0.15) is 10.4 Å². The average molecular weight is 481 g/mol. The normalized spacial score (nSPS) is 17.0. The highest BCUT2D eigenvalue weighted by atomic mass is 32.2. The fourth-order valence-corrected chi connectivity index (χ4v) is 5.96. The molecule has 2 aromatic carbocycles. The van der Waals surface area contributed by atoms with Crippen LogP contribution in [-0.4, -0.2) is 69.8 Å². The maximum Gasteiger partial charge on any atom is 0.338 e. The number of sulfonamides is 1. The monoisotopic (exact) mass is 480 g/mol. The Morgan fingerprint density at radius 3 is 2.62 bits per heavy atom. The van der Waals surface area contributed by atoms with E-state index in [1.54, 1.807) is 16.7 Å². The zero-order valence-corrected chi connectivity index (χ0v) is 18.7. The number of amides is 1. The molecule has 1 saturated heterocycles. The van der Waals surface area contributed by atoms with Crippen molar-refractivity contribution in [3.05, 3.63) is 53.8 Å². The minimum atomic E-state index is -4.14. The molecule has 170 valence electrons. The smallest absolute Gasteiger partial charge is 0.338 e. The van der Waals surface area contributed by atoms with Gasteiger partial charge in [-0.2, -0.15) is 4.31 Å². The van der Waals surface area contributed by atoms with Gasteiger partial charge in [-0.3, -0.25) is 4.79 Å². The number of anilines is 1. The van der Waals surface area contributed by atoms with Crippen molar-refractivity contribution in [3.8, 4) is 0 Å². The van der Waals surface area contributed by atoms with Crippen LogP contribution in [0.5, 0.6) is 0 Å². The van der Waals surface area contributed by atoms with Crippen molar-refractivity contribution in [2.75, 3.05) is 50.1 Å². The number of esters is 1. The predicted octanol–water partition coefficient (Wildman–Crippen LogP) is 2.14. The number of carbonyl (C=O) groups is 2. The first-order chi connectivity index (χ1) is 15.4. The van der Waals surface area contributed by atoms with E-state index in [0.29, 0.717) is 6.54 Å². The van der Waals surface area contributed by atoms with E-state index in [-0.39, 0.29) is 31.9 Å². The van der Waals surface area contributed by atoms with Gasteiger partial charge in [0.2, 0.25) is 10.0 Å². The minimum absolute atomic E-state index is 0.0978. The summed E-state index contributed by atoms with van der Waals surface area (Å²) in [7, 11) is -4.14. The van der Waals surface area contributed by atoms with Crippen LogP contribution >= 0.6 is 11.8 Å². The van der Waals surface area contributed by atoms with Crippen molar-refractivity contribution in [3.63, 3.8) is 0 Å². The summed E-state index contributed by atoms with van der Waals surface area (Å²) >= 11 is 1.64. The lowest BCUT2D eigenvalue weighted by molar-refractivity contribution is -0.121. The van der Waals surface area contributed by atoms with Crippen molar-refractivity contribution in [1.29, 1.82) is 0 Å². The number of nitrogens with zero attached hydrogens (tertiary/aromatic N) is 2. The Morgan fingerprint density at radius 1 is 1.09 bits per heavy atom. The molecule has 0 radical (unpaired) electrons. The van der Waals surface area contributed by atoms with Crippen LogP contribution in [0.25, 0.3) is 0 Å². The second kappa shape index (κ2) is 9.57. The molecule has 0 aromatic heterocycles. The summed E-state index contributed by atoms with van der Waals surface area (Å²) < 4.78 is 51.3. The van der Waals surface area contributed by atoms with E-state index >= 15 is 0 Å². The van der Waals surface area contributed by atoms with Gasteiger partial charge in [-0.05, 0) is 30.3 Å². The molecule has 0 unspecified atom stereocenters. The number of benzene rings is 2. The fourth-order valence-electron chi connectivity index (χ4n) is 3.47. The number of fused-ring (bicyclic) bond motifs is 1. The Balaban J connectivity index is 1.46. The Hall–Kier alpha value is -2.47. The zero-order chi connectivity index (χ0) is 22.7. The summed E-state index contributed by atoms with van der Waals surface area (Å²) in [5.41, 5.74) is 0.603. The highest BCUT2D eigenvalue weighted by Crippen LogP contribution is 2.34. The van der Waals surface area contributed by atoms with E-state index in [4.69, 9.17) is 9.47 Å². The predicted molar refractivity (Wildman–Crippen MR) is 116 cm³/mol. The molecule has 4 rings (SSSR count). The van der Waals surface area contributed by atoms with Crippen LogP contribution in [0, 0.1) is 5.82 Å². The lowest BCUT2D eigenvalue weighted by Gasteiger charge is -2.28. The summed E-state index contributed by atoms with van der Waals surface area (Å²) in [6.07, 6.45) is 0. The Labute approximate surface area is 189 Å². The number of halogens is 1. The first kappa shape index (κ1) is 22.7. The molecular formula is C21H21FN2O6S2. The third kappa shape index (κ3) is 4.65. The molecule has 0 spiro atoms. The van der Waals surface area contributed by atoms with Gasteiger partial charge in [0.15, 0.2) is 6.61 Å². The van der Waals surface area contributed by atoms with Crippen molar-refractivity contribution in [1.82, 2.24) is 4.31 Å². The molecule has 0 atom stereocenters. The van der Waals surface area contributed by atoms with Crippen LogP contribution in [0.3, 0.4) is 0 Å². The molecule has 0 aliphatic carbocycles. The lowest BCUT2D eigenvalue weighted by Crippen LogP contribution is -2.41. The second-order valence-electron chi connectivity index (χ2n) is 7.10. The van der Waals surface area contributed by atoms with E-state index in [1.165, 1.54) is 0 Å². The summed E-state index contributed by atoms with van der Waals surface area (Å²) in [6.45, 7) is 0.587. The molecule has 8 nitrogen and oxygen atoms in total. The first-order valence-electron chi connectivity index (χ1n) is 9.95. The minimum Gasteiger partial charge on any atom is -0.452 e. The molecule has 0 saturated carbocycles. The molecule has 2 heterocycles. The summed E-state index contributed by atoms with van der Waals surface area (Å²) in [4.78, 5) is 27.1. The Bertz CT molecular complexity index is 1130. The van der Waals surface area contributed by atoms with E-state index in [9.17, 15) is 22.4 Å². The molecule has 0 N–H and O–H groups in total. The standard InChI is InChI=1S/C21H21FN2O6S2/c22-16-6-5-15(13-19(16)32(27,28)23-7-10-29-11-8-23)21(26)30-14-20(25)24-9-12-31-18-4-2-1-3-17(18)24/h1-6,13H,7-12,14H2. The fraction of sp³-hybridized carbons (Fsp3) is 0.333. The molecule has 2 aliphatic heterocycles. The third-order valence-electron chi connectivity index (χ3n) is 5.11. The highest BCUT2D eigenvalue weighted by molar-refractivity contribution is 7.99. The number of para-hydroxylation sites is 1. The summed E-state index contributed by atoms with van der Waals surface area (Å²) in [6, 6.07) is 10.4. The van der Waals surface area contributed by atoms with Gasteiger partial charge in [-0.1, -0.05) is 12.1 Å². The number of morpholine rings is 1. The number of ether oxygens (including phenoxy) is 2. The van der Waals surface area contributed by atoms with Crippen molar-refractivity contribution >= 4 is 39.3 Å². The molecular weight excluding hydrogens is 459 g/mol. The van der Waals surface area contributed by atoms with Crippen LogP contribution < -0.4 is 4.90 Å². The number of thioether (sulfide) groups is 1. The molecule has 0 bridgehead atoms. The molecule has 11 heteroatoms. The van der Waals surface area contributed by atoms with E-state index in [2.05, 4.69) is 0 Å². The third-order valence-corrected chi connectivity index (χ3v) is 8.07. The van der Waals surface area contributed by atoms with Crippen LogP contribution in [0.4, 0.5) is 10.1 Å². The summed E-state index contributed by atoms with van der Waals surface area (Å²) in [5.74, 6) is -1.55. The van der Waals surface area contributed by atoms with Gasteiger partial charge in [-0.15, -0.1) is 11.8 Å². The van der Waals surface area contributed by atoms with Gasteiger partial charge in [0.1, 0.15) is 10.7 Å². The zero-order valence-electron chi connectivity index (χ0n) is 17.0. The van der Waals surface area contributed by atoms with E-state index < -0.39 is 39.2 Å². The molecule has 1 amide bonds. The Kier molecular flexibility index (Phi) is 6.79.